The Morgan fingerprint density at radius 3 is 2.71 bits per heavy atom. The van der Waals surface area contributed by atoms with E-state index in [9.17, 15) is 9.59 Å². The van der Waals surface area contributed by atoms with E-state index < -0.39 is 5.97 Å². The smallest absolute Gasteiger partial charge is 0.312 e. The van der Waals surface area contributed by atoms with Crippen molar-refractivity contribution in [3.05, 3.63) is 0 Å². The van der Waals surface area contributed by atoms with E-state index >= 15 is 0 Å². The van der Waals surface area contributed by atoms with E-state index in [0.717, 1.165) is 32.2 Å². The first kappa shape index (κ1) is 11.0. The first-order chi connectivity index (χ1) is 6.65. The number of carbonyl (C=O) groups is 2. The van der Waals surface area contributed by atoms with Crippen LogP contribution in [0, 0.1) is 0 Å². The molecule has 0 aromatic rings. The number of hydrogen-bond acceptors (Lipinski definition) is 2. The molecule has 0 bridgehead atoms. The summed E-state index contributed by atoms with van der Waals surface area (Å²) < 4.78 is 0. The lowest BCUT2D eigenvalue weighted by Gasteiger charge is -2.35. The summed E-state index contributed by atoms with van der Waals surface area (Å²) >= 11 is 0. The average Bonchev–Trinajstić information content (AvgIpc) is 2.16. The second-order valence-electron chi connectivity index (χ2n) is 3.72. The number of nitrogens with zero attached hydrogens (tertiary/aromatic N) is 1. The van der Waals surface area contributed by atoms with E-state index in [-0.39, 0.29) is 18.4 Å². The molecule has 14 heavy (non-hydrogen) atoms. The molecule has 4 heteroatoms. The highest BCUT2D eigenvalue weighted by Crippen LogP contribution is 2.19. The van der Waals surface area contributed by atoms with Gasteiger partial charge in [-0.1, -0.05) is 6.92 Å². The molecular formula is C10H17NO3. The van der Waals surface area contributed by atoms with Gasteiger partial charge in [-0.3, -0.25) is 9.59 Å². The lowest BCUT2D eigenvalue weighted by molar-refractivity contribution is -0.145. The summed E-state index contributed by atoms with van der Waals surface area (Å²) in [5.74, 6) is -1.26. The lowest BCUT2D eigenvalue weighted by Crippen LogP contribution is -2.44. The molecule has 1 aliphatic heterocycles. The maximum atomic E-state index is 11.5. The van der Waals surface area contributed by atoms with Gasteiger partial charge in [-0.05, 0) is 25.7 Å². The molecular weight excluding hydrogens is 182 g/mol. The van der Waals surface area contributed by atoms with E-state index in [4.69, 9.17) is 5.11 Å². The molecule has 1 saturated heterocycles. The Balaban J connectivity index is 2.54. The monoisotopic (exact) mass is 199 g/mol. The molecule has 1 aliphatic rings. The van der Waals surface area contributed by atoms with Crippen LogP contribution in [-0.2, 0) is 9.59 Å². The third kappa shape index (κ3) is 2.72. The van der Waals surface area contributed by atoms with Crippen LogP contribution in [0.2, 0.25) is 0 Å². The Kier molecular flexibility index (Phi) is 3.92. The molecule has 0 spiro atoms. The van der Waals surface area contributed by atoms with Gasteiger partial charge < -0.3 is 10.0 Å². The third-order valence-corrected chi connectivity index (χ3v) is 2.72. The molecule has 1 N–H and O–H groups in total. The summed E-state index contributed by atoms with van der Waals surface area (Å²) in [6, 6.07) is 0.260. The predicted octanol–water partition coefficient (Wildman–Crippen LogP) is 1.25. The standard InChI is InChI=1S/C10H17NO3/c1-2-8-5-3-4-6-11(8)9(12)7-10(13)14/h8H,2-7H2,1H3,(H,13,14). The minimum atomic E-state index is -1.03. The molecule has 0 aromatic heterocycles. The van der Waals surface area contributed by atoms with Gasteiger partial charge in [0.2, 0.25) is 5.91 Å². The Morgan fingerprint density at radius 1 is 1.43 bits per heavy atom. The van der Waals surface area contributed by atoms with Crippen molar-refractivity contribution in [2.45, 2.75) is 45.1 Å². The van der Waals surface area contributed by atoms with Gasteiger partial charge in [-0.15, -0.1) is 0 Å². The van der Waals surface area contributed by atoms with Crippen molar-refractivity contribution in [3.8, 4) is 0 Å². The van der Waals surface area contributed by atoms with Gasteiger partial charge in [0.15, 0.2) is 0 Å². The highest BCUT2D eigenvalue weighted by Gasteiger charge is 2.26. The van der Waals surface area contributed by atoms with Crippen molar-refractivity contribution < 1.29 is 14.7 Å². The van der Waals surface area contributed by atoms with Gasteiger partial charge in [-0.2, -0.15) is 0 Å². The summed E-state index contributed by atoms with van der Waals surface area (Å²) in [7, 11) is 0. The zero-order chi connectivity index (χ0) is 10.6. The van der Waals surface area contributed by atoms with Gasteiger partial charge in [-0.25, -0.2) is 0 Å². The SMILES string of the molecule is CCC1CCCCN1C(=O)CC(=O)O. The highest BCUT2D eigenvalue weighted by molar-refractivity contribution is 5.93. The van der Waals surface area contributed by atoms with Crippen LogP contribution >= 0.6 is 0 Å². The van der Waals surface area contributed by atoms with Gasteiger partial charge in [0.25, 0.3) is 0 Å². The zero-order valence-corrected chi connectivity index (χ0v) is 8.53. The van der Waals surface area contributed by atoms with Crippen LogP contribution < -0.4 is 0 Å². The van der Waals surface area contributed by atoms with Gasteiger partial charge in [0.1, 0.15) is 6.42 Å². The molecule has 1 amide bonds. The Morgan fingerprint density at radius 2 is 2.14 bits per heavy atom. The third-order valence-electron chi connectivity index (χ3n) is 2.72. The second kappa shape index (κ2) is 4.98. The molecule has 0 saturated carbocycles. The minimum absolute atomic E-state index is 0.232. The van der Waals surface area contributed by atoms with Gasteiger partial charge >= 0.3 is 5.97 Å². The van der Waals surface area contributed by atoms with E-state index in [1.807, 2.05) is 6.92 Å². The largest absolute Gasteiger partial charge is 0.481 e. The molecule has 1 fully saturated rings. The van der Waals surface area contributed by atoms with Crippen LogP contribution in [0.5, 0.6) is 0 Å². The zero-order valence-electron chi connectivity index (χ0n) is 8.53. The number of likely N-dealkylation sites (tertiary alicyclic amines) is 1. The predicted molar refractivity (Wildman–Crippen MR) is 51.9 cm³/mol. The number of hydrogen-bond donors (Lipinski definition) is 1. The fraction of sp³-hybridized carbons (Fsp3) is 0.800. The molecule has 80 valence electrons. The van der Waals surface area contributed by atoms with Crippen LogP contribution in [0.3, 0.4) is 0 Å². The number of piperidine rings is 1. The average molecular weight is 199 g/mol. The number of rotatable bonds is 3. The molecule has 0 aromatic carbocycles. The number of amides is 1. The van der Waals surface area contributed by atoms with Crippen molar-refractivity contribution in [1.82, 2.24) is 4.90 Å². The van der Waals surface area contributed by atoms with Crippen molar-refractivity contribution in [2.24, 2.45) is 0 Å². The van der Waals surface area contributed by atoms with Crippen LogP contribution in [0.25, 0.3) is 0 Å². The molecule has 1 atom stereocenters. The van der Waals surface area contributed by atoms with E-state index in [0.29, 0.717) is 0 Å². The molecule has 1 unspecified atom stereocenters. The van der Waals surface area contributed by atoms with Crippen LogP contribution in [-0.4, -0.2) is 34.5 Å². The number of aliphatic carboxylic acids is 1. The van der Waals surface area contributed by atoms with Crippen molar-refractivity contribution >= 4 is 11.9 Å². The van der Waals surface area contributed by atoms with E-state index in [2.05, 4.69) is 0 Å². The van der Waals surface area contributed by atoms with Crippen LogP contribution in [0.4, 0.5) is 0 Å². The first-order valence-electron chi connectivity index (χ1n) is 5.16. The topological polar surface area (TPSA) is 57.6 Å². The second-order valence-corrected chi connectivity index (χ2v) is 3.72. The summed E-state index contributed by atoms with van der Waals surface area (Å²) in [4.78, 5) is 23.7. The maximum absolute atomic E-state index is 11.5. The maximum Gasteiger partial charge on any atom is 0.312 e. The van der Waals surface area contributed by atoms with E-state index in [1.165, 1.54) is 0 Å². The molecule has 1 rings (SSSR count). The summed E-state index contributed by atoms with van der Waals surface area (Å²) in [5, 5.41) is 8.53. The Labute approximate surface area is 83.9 Å². The Bertz CT molecular complexity index is 227. The molecule has 4 nitrogen and oxygen atoms in total. The number of carboxylic acid groups (broad SMARTS) is 1. The molecule has 0 aliphatic carbocycles. The molecule has 1 heterocycles. The molecule has 0 radical (unpaired) electrons. The quantitative estimate of drug-likeness (QED) is 0.696. The van der Waals surface area contributed by atoms with Gasteiger partial charge in [0.05, 0.1) is 0 Å². The highest BCUT2D eigenvalue weighted by atomic mass is 16.4. The van der Waals surface area contributed by atoms with E-state index in [1.54, 1.807) is 4.90 Å². The van der Waals surface area contributed by atoms with Crippen LogP contribution in [0.1, 0.15) is 39.0 Å². The summed E-state index contributed by atoms with van der Waals surface area (Å²) in [6.07, 6.45) is 3.72. The lowest BCUT2D eigenvalue weighted by atomic mass is 9.99. The summed E-state index contributed by atoms with van der Waals surface area (Å²) in [5.41, 5.74) is 0. The summed E-state index contributed by atoms with van der Waals surface area (Å²) in [6.45, 7) is 2.77. The Hall–Kier alpha value is -1.06. The fourth-order valence-electron chi connectivity index (χ4n) is 1.98. The van der Waals surface area contributed by atoms with Crippen molar-refractivity contribution in [3.63, 3.8) is 0 Å². The van der Waals surface area contributed by atoms with Crippen molar-refractivity contribution in [1.29, 1.82) is 0 Å². The normalized spacial score (nSPS) is 22.1. The number of carboxylic acids is 1. The number of carbonyl (C=O) groups excluding carboxylic acids is 1. The van der Waals surface area contributed by atoms with Gasteiger partial charge in [0, 0.05) is 12.6 Å². The minimum Gasteiger partial charge on any atom is -0.481 e. The van der Waals surface area contributed by atoms with Crippen LogP contribution in [0.15, 0.2) is 0 Å². The fourth-order valence-corrected chi connectivity index (χ4v) is 1.98. The van der Waals surface area contributed by atoms with Crippen molar-refractivity contribution in [2.75, 3.05) is 6.54 Å². The first-order valence-corrected chi connectivity index (χ1v) is 5.16.